The normalized spacial score (nSPS) is 21.3. The van der Waals surface area contributed by atoms with Gasteiger partial charge < -0.3 is 20.3 Å². The fraction of sp³-hybridized carbons (Fsp3) is 0.286. The largest absolute Gasteiger partial charge is 0.437 e. The van der Waals surface area contributed by atoms with Crippen LogP contribution in [0.25, 0.3) is 0 Å². The molecule has 0 spiro atoms. The predicted octanol–water partition coefficient (Wildman–Crippen LogP) is 3.64. The third-order valence-electron chi connectivity index (χ3n) is 7.09. The minimum absolute atomic E-state index is 0.145. The molecule has 3 aliphatic heterocycles. The first-order chi connectivity index (χ1) is 19.4. The highest BCUT2D eigenvalue weighted by Gasteiger charge is 2.47. The van der Waals surface area contributed by atoms with Gasteiger partial charge in [-0.25, -0.2) is 24.6 Å². The van der Waals surface area contributed by atoms with Gasteiger partial charge in [0.15, 0.2) is 5.82 Å². The molecule has 204 valence electrons. The van der Waals surface area contributed by atoms with Crippen molar-refractivity contribution in [3.63, 3.8) is 0 Å². The molecule has 4 amide bonds. The van der Waals surface area contributed by atoms with Crippen LogP contribution in [0.3, 0.4) is 0 Å². The van der Waals surface area contributed by atoms with Crippen LogP contribution in [0.15, 0.2) is 66.5 Å². The lowest BCUT2D eigenvalue weighted by molar-refractivity contribution is -0.129. The summed E-state index contributed by atoms with van der Waals surface area (Å²) in [5, 5.41) is 6.16. The number of nitrogens with zero attached hydrogens (tertiary/aromatic N) is 5. The molecule has 3 aromatic rings. The molecule has 40 heavy (non-hydrogen) atoms. The Balaban J connectivity index is 1.23. The highest BCUT2D eigenvalue weighted by molar-refractivity contribution is 8.01. The molecule has 11 nitrogen and oxygen atoms in total. The third-order valence-corrected chi connectivity index (χ3v) is 8.38. The van der Waals surface area contributed by atoms with Crippen LogP contribution in [-0.2, 0) is 9.59 Å². The molecule has 1 saturated heterocycles. The average Bonchev–Trinajstić information content (AvgIpc) is 3.33. The van der Waals surface area contributed by atoms with Crippen molar-refractivity contribution in [3.05, 3.63) is 72.7 Å². The third kappa shape index (κ3) is 4.75. The van der Waals surface area contributed by atoms with Crippen LogP contribution in [0.2, 0.25) is 0 Å². The molecule has 1 fully saturated rings. The number of thioether (sulfide) groups is 1. The van der Waals surface area contributed by atoms with E-state index in [2.05, 4.69) is 32.2 Å². The van der Waals surface area contributed by atoms with Crippen molar-refractivity contribution in [2.45, 2.75) is 42.1 Å². The second-order valence-corrected chi connectivity index (χ2v) is 10.8. The number of carbonyl (C=O) groups is 3. The quantitative estimate of drug-likeness (QED) is 0.440. The number of hydrogen-bond donors (Lipinski definition) is 2. The van der Waals surface area contributed by atoms with Crippen LogP contribution >= 0.6 is 11.8 Å². The number of urea groups is 1. The molecular formula is C28H27N7O4S. The number of benzene rings is 1. The number of aromatic nitrogens is 3. The van der Waals surface area contributed by atoms with Crippen molar-refractivity contribution in [1.82, 2.24) is 30.5 Å². The van der Waals surface area contributed by atoms with Gasteiger partial charge in [0.05, 0.1) is 23.6 Å². The molecule has 0 bridgehead atoms. The predicted molar refractivity (Wildman–Crippen MR) is 149 cm³/mol. The van der Waals surface area contributed by atoms with Crippen LogP contribution in [0.5, 0.6) is 11.6 Å². The fourth-order valence-electron chi connectivity index (χ4n) is 5.27. The number of carbonyl (C=O) groups excluding carboxylic acids is 3. The maximum Gasteiger partial charge on any atom is 0.328 e. The number of nitrogens with one attached hydrogen (secondary N) is 2. The minimum Gasteiger partial charge on any atom is -0.437 e. The molecule has 0 saturated carbocycles. The van der Waals surface area contributed by atoms with Gasteiger partial charge in [0, 0.05) is 30.9 Å². The minimum atomic E-state index is -0.603. The van der Waals surface area contributed by atoms with Crippen molar-refractivity contribution >= 4 is 41.1 Å². The van der Waals surface area contributed by atoms with E-state index in [9.17, 15) is 14.4 Å². The number of rotatable bonds is 6. The smallest absolute Gasteiger partial charge is 0.328 e. The van der Waals surface area contributed by atoms with E-state index in [0.29, 0.717) is 46.9 Å². The molecule has 5 heterocycles. The summed E-state index contributed by atoms with van der Waals surface area (Å²) in [6.07, 6.45) is 5.96. The molecule has 12 heteroatoms. The summed E-state index contributed by atoms with van der Waals surface area (Å²) >= 11 is 1.32. The van der Waals surface area contributed by atoms with E-state index in [0.717, 1.165) is 18.4 Å². The summed E-state index contributed by atoms with van der Waals surface area (Å²) in [6, 6.07) is 9.86. The topological polar surface area (TPSA) is 130 Å². The van der Waals surface area contributed by atoms with Crippen molar-refractivity contribution in [3.8, 4) is 11.6 Å². The molecule has 0 aliphatic carbocycles. The summed E-state index contributed by atoms with van der Waals surface area (Å²) in [5.74, 6) is 0.948. The van der Waals surface area contributed by atoms with Gasteiger partial charge in [0.1, 0.15) is 16.0 Å². The van der Waals surface area contributed by atoms with E-state index in [4.69, 9.17) is 4.74 Å². The van der Waals surface area contributed by atoms with Crippen LogP contribution in [0.1, 0.15) is 30.1 Å². The van der Waals surface area contributed by atoms with Crippen molar-refractivity contribution in [1.29, 1.82) is 0 Å². The van der Waals surface area contributed by atoms with Crippen LogP contribution in [-0.4, -0.2) is 62.1 Å². The van der Waals surface area contributed by atoms with Crippen molar-refractivity contribution < 1.29 is 19.1 Å². The van der Waals surface area contributed by atoms with Gasteiger partial charge in [-0.15, -0.1) is 0 Å². The molecular weight excluding hydrogens is 530 g/mol. The number of para-hydroxylation sites is 1. The lowest BCUT2D eigenvalue weighted by atomic mass is 9.99. The maximum absolute atomic E-state index is 13.5. The Morgan fingerprint density at radius 3 is 2.83 bits per heavy atom. The SMILES string of the molecule is C=CC(=O)N1CCCC(NC(=O)[C@@H]2Sc3nccc4c3C2NC(=O)N4c2ncc(Oc3ccccc3)nc2C)C1. The Kier molecular flexibility index (Phi) is 6.84. The molecule has 2 N–H and O–H groups in total. The maximum atomic E-state index is 13.5. The molecule has 2 aromatic heterocycles. The Labute approximate surface area is 235 Å². The first-order valence-electron chi connectivity index (χ1n) is 13.0. The van der Waals surface area contributed by atoms with Gasteiger partial charge in [-0.1, -0.05) is 36.5 Å². The summed E-state index contributed by atoms with van der Waals surface area (Å²) in [5.41, 5.74) is 1.88. The van der Waals surface area contributed by atoms with Crippen molar-refractivity contribution in [2.75, 3.05) is 18.0 Å². The number of ether oxygens (including phenoxy) is 1. The molecule has 2 unspecified atom stereocenters. The number of hydrogen-bond acceptors (Lipinski definition) is 8. The van der Waals surface area contributed by atoms with Crippen LogP contribution < -0.4 is 20.3 Å². The Morgan fingerprint density at radius 1 is 1.23 bits per heavy atom. The van der Waals surface area contributed by atoms with Gasteiger partial charge in [-0.3, -0.25) is 9.59 Å². The first kappa shape index (κ1) is 25.8. The number of aryl methyl sites for hydroxylation is 1. The van der Waals surface area contributed by atoms with Gasteiger partial charge in [0.25, 0.3) is 0 Å². The van der Waals surface area contributed by atoms with E-state index in [1.807, 2.05) is 30.3 Å². The number of pyridine rings is 1. The summed E-state index contributed by atoms with van der Waals surface area (Å²) in [6.45, 7) is 6.39. The molecule has 6 rings (SSSR count). The number of piperidine rings is 1. The fourth-order valence-corrected chi connectivity index (χ4v) is 6.51. The standard InChI is InChI=1S/C28H27N7O4S/c1-3-21(36)34-13-7-8-17(15-34)32-26(37)24-23-22-19(11-12-29-27(22)40-24)35(28(38)33-23)25-16(2)31-20(14-30-25)39-18-9-5-4-6-10-18/h3-6,9-12,14,17,23-24H,1,7-8,13,15H2,2H3,(H,32,37)(H,33,38)/t17?,23?,24-/m1/s1. The van der Waals surface area contributed by atoms with Gasteiger partial charge in [-0.05, 0) is 44.0 Å². The van der Waals surface area contributed by atoms with E-state index in [1.54, 1.807) is 24.1 Å². The van der Waals surface area contributed by atoms with Gasteiger partial charge in [-0.2, -0.15) is 0 Å². The summed E-state index contributed by atoms with van der Waals surface area (Å²) in [7, 11) is 0. The Hall–Kier alpha value is -4.45. The first-order valence-corrected chi connectivity index (χ1v) is 13.9. The average molecular weight is 558 g/mol. The Morgan fingerprint density at radius 2 is 2.05 bits per heavy atom. The monoisotopic (exact) mass is 557 g/mol. The summed E-state index contributed by atoms with van der Waals surface area (Å²) < 4.78 is 5.80. The second kappa shape index (κ2) is 10.6. The van der Waals surface area contributed by atoms with Crippen molar-refractivity contribution in [2.24, 2.45) is 0 Å². The van der Waals surface area contributed by atoms with Crippen LogP contribution in [0.4, 0.5) is 16.3 Å². The zero-order valence-corrected chi connectivity index (χ0v) is 22.6. The number of anilines is 2. The van der Waals surface area contributed by atoms with E-state index in [1.165, 1.54) is 28.9 Å². The second-order valence-electron chi connectivity index (χ2n) is 9.72. The van der Waals surface area contributed by atoms with Crippen LogP contribution in [0, 0.1) is 6.92 Å². The van der Waals surface area contributed by atoms with Gasteiger partial charge >= 0.3 is 6.03 Å². The molecule has 1 aromatic carbocycles. The number of amides is 4. The van der Waals surface area contributed by atoms with E-state index < -0.39 is 17.3 Å². The Bertz CT molecular complexity index is 1500. The summed E-state index contributed by atoms with van der Waals surface area (Å²) in [4.78, 5) is 55.7. The zero-order chi connectivity index (χ0) is 27.8. The van der Waals surface area contributed by atoms with E-state index in [-0.39, 0.29) is 17.9 Å². The highest BCUT2D eigenvalue weighted by atomic mass is 32.2. The molecule has 3 atom stereocenters. The zero-order valence-electron chi connectivity index (χ0n) is 21.7. The van der Waals surface area contributed by atoms with E-state index >= 15 is 0 Å². The number of likely N-dealkylation sites (tertiary alicyclic amines) is 1. The lowest BCUT2D eigenvalue weighted by Crippen LogP contribution is -2.53. The lowest BCUT2D eigenvalue weighted by Gasteiger charge is -2.35. The van der Waals surface area contributed by atoms with Gasteiger partial charge in [0.2, 0.25) is 17.7 Å². The highest BCUT2D eigenvalue weighted by Crippen LogP contribution is 2.50. The molecule has 3 aliphatic rings. The molecule has 0 radical (unpaired) electrons.